The number of aromatic nitrogens is 1. The Labute approximate surface area is 200 Å². The summed E-state index contributed by atoms with van der Waals surface area (Å²) in [5.41, 5.74) is 5.11. The van der Waals surface area contributed by atoms with Gasteiger partial charge in [-0.05, 0) is 55.3 Å². The van der Waals surface area contributed by atoms with E-state index in [2.05, 4.69) is 36.3 Å². The third-order valence-corrected chi connectivity index (χ3v) is 6.13. The molecule has 2 heterocycles. The van der Waals surface area contributed by atoms with Crippen molar-refractivity contribution in [3.8, 4) is 11.5 Å². The van der Waals surface area contributed by atoms with Crippen LogP contribution in [0.1, 0.15) is 45.6 Å². The molecule has 170 valence electrons. The molecule has 5 heteroatoms. The molecular weight excluding hydrogens is 422 g/mol. The number of nitrogens with zero attached hydrogens (tertiary/aromatic N) is 2. The van der Waals surface area contributed by atoms with Crippen molar-refractivity contribution >= 4 is 11.7 Å². The molecule has 34 heavy (non-hydrogen) atoms. The molecule has 0 saturated carbocycles. The zero-order valence-corrected chi connectivity index (χ0v) is 19.4. The number of rotatable bonds is 7. The fraction of sp³-hybridized carbons (Fsp3) is 0.172. The summed E-state index contributed by atoms with van der Waals surface area (Å²) in [6, 6.07) is 28.0. The maximum absolute atomic E-state index is 13.0. The normalized spacial score (nSPS) is 13.5. The molecule has 0 bridgehead atoms. The van der Waals surface area contributed by atoms with Gasteiger partial charge in [0.1, 0.15) is 17.3 Å². The number of ether oxygens (including phenoxy) is 1. The SMILES string of the molecule is Cc1ccc(Oc2ccc([C@H](C)Nc3nccc4c3CN(Cc3ccccc3)C4=O)cc2)cc1. The fourth-order valence-electron chi connectivity index (χ4n) is 4.20. The highest BCUT2D eigenvalue weighted by Gasteiger charge is 2.30. The van der Waals surface area contributed by atoms with Crippen LogP contribution in [0.2, 0.25) is 0 Å². The summed E-state index contributed by atoms with van der Waals surface area (Å²) in [4.78, 5) is 19.4. The Balaban J connectivity index is 1.27. The van der Waals surface area contributed by atoms with Crippen molar-refractivity contribution in [2.24, 2.45) is 0 Å². The lowest BCUT2D eigenvalue weighted by Crippen LogP contribution is -2.23. The van der Waals surface area contributed by atoms with Crippen molar-refractivity contribution in [2.75, 3.05) is 5.32 Å². The van der Waals surface area contributed by atoms with Crippen LogP contribution in [0.4, 0.5) is 5.82 Å². The molecule has 1 aliphatic rings. The summed E-state index contributed by atoms with van der Waals surface area (Å²) in [6.07, 6.45) is 1.70. The van der Waals surface area contributed by atoms with Crippen LogP contribution < -0.4 is 10.1 Å². The zero-order valence-electron chi connectivity index (χ0n) is 19.4. The summed E-state index contributed by atoms with van der Waals surface area (Å²) in [6.45, 7) is 5.29. The van der Waals surface area contributed by atoms with Gasteiger partial charge in [-0.25, -0.2) is 4.98 Å². The number of hydrogen-bond donors (Lipinski definition) is 1. The molecular formula is C29H27N3O2. The van der Waals surface area contributed by atoms with Crippen molar-refractivity contribution in [3.63, 3.8) is 0 Å². The lowest BCUT2D eigenvalue weighted by atomic mass is 10.1. The van der Waals surface area contributed by atoms with Crippen LogP contribution in [0.3, 0.4) is 0 Å². The van der Waals surface area contributed by atoms with Gasteiger partial charge in [0.25, 0.3) is 5.91 Å². The minimum Gasteiger partial charge on any atom is -0.457 e. The van der Waals surface area contributed by atoms with Gasteiger partial charge in [0.15, 0.2) is 0 Å². The number of carbonyl (C=O) groups excluding carboxylic acids is 1. The van der Waals surface area contributed by atoms with Crippen LogP contribution in [0.5, 0.6) is 11.5 Å². The Morgan fingerprint density at radius 2 is 1.62 bits per heavy atom. The first-order valence-corrected chi connectivity index (χ1v) is 11.5. The molecule has 0 radical (unpaired) electrons. The lowest BCUT2D eigenvalue weighted by Gasteiger charge is -2.18. The van der Waals surface area contributed by atoms with Crippen molar-refractivity contribution in [2.45, 2.75) is 33.0 Å². The van der Waals surface area contributed by atoms with Gasteiger partial charge >= 0.3 is 0 Å². The molecule has 0 spiro atoms. The second-order valence-corrected chi connectivity index (χ2v) is 8.68. The predicted octanol–water partition coefficient (Wildman–Crippen LogP) is 6.51. The van der Waals surface area contributed by atoms with Gasteiger partial charge in [-0.1, -0.05) is 60.2 Å². The molecule has 0 fully saturated rings. The van der Waals surface area contributed by atoms with Crippen LogP contribution in [0.15, 0.2) is 91.1 Å². The Hall–Kier alpha value is -4.12. The van der Waals surface area contributed by atoms with Crippen molar-refractivity contribution in [1.29, 1.82) is 0 Å². The third kappa shape index (κ3) is 4.64. The highest BCUT2D eigenvalue weighted by Crippen LogP contribution is 2.31. The van der Waals surface area contributed by atoms with Crippen molar-refractivity contribution < 1.29 is 9.53 Å². The van der Waals surface area contributed by atoms with Gasteiger partial charge in [0, 0.05) is 29.9 Å². The van der Waals surface area contributed by atoms with Crippen LogP contribution in [0.25, 0.3) is 0 Å². The maximum Gasteiger partial charge on any atom is 0.255 e. The molecule has 5 nitrogen and oxygen atoms in total. The topological polar surface area (TPSA) is 54.5 Å². The van der Waals surface area contributed by atoms with Gasteiger partial charge in [-0.15, -0.1) is 0 Å². The van der Waals surface area contributed by atoms with Gasteiger partial charge in [-0.2, -0.15) is 0 Å². The Morgan fingerprint density at radius 3 is 2.32 bits per heavy atom. The van der Waals surface area contributed by atoms with Gasteiger partial charge < -0.3 is 15.0 Å². The largest absolute Gasteiger partial charge is 0.457 e. The maximum atomic E-state index is 13.0. The molecule has 5 rings (SSSR count). The highest BCUT2D eigenvalue weighted by atomic mass is 16.5. The molecule has 0 unspecified atom stereocenters. The number of hydrogen-bond acceptors (Lipinski definition) is 4. The van der Waals surface area contributed by atoms with E-state index in [-0.39, 0.29) is 11.9 Å². The monoisotopic (exact) mass is 449 g/mol. The molecule has 1 amide bonds. The third-order valence-electron chi connectivity index (χ3n) is 6.13. The first-order chi connectivity index (χ1) is 16.6. The van der Waals surface area contributed by atoms with E-state index in [9.17, 15) is 4.79 Å². The fourth-order valence-corrected chi connectivity index (χ4v) is 4.20. The molecule has 0 saturated heterocycles. The van der Waals surface area contributed by atoms with Crippen LogP contribution in [-0.4, -0.2) is 15.8 Å². The van der Waals surface area contributed by atoms with E-state index < -0.39 is 0 Å². The number of carbonyl (C=O) groups is 1. The van der Waals surface area contributed by atoms with E-state index in [1.165, 1.54) is 5.56 Å². The Kier molecular flexibility index (Phi) is 6.00. The van der Waals surface area contributed by atoms with E-state index in [1.807, 2.05) is 77.7 Å². The molecule has 3 aromatic carbocycles. The average Bonchev–Trinajstić information content (AvgIpc) is 3.18. The van der Waals surface area contributed by atoms with E-state index >= 15 is 0 Å². The number of pyridine rings is 1. The summed E-state index contributed by atoms with van der Waals surface area (Å²) >= 11 is 0. The summed E-state index contributed by atoms with van der Waals surface area (Å²) in [5, 5.41) is 3.51. The molecule has 1 atom stereocenters. The molecule has 1 N–H and O–H groups in total. The zero-order chi connectivity index (χ0) is 23.5. The van der Waals surface area contributed by atoms with E-state index in [1.54, 1.807) is 6.20 Å². The van der Waals surface area contributed by atoms with Crippen LogP contribution in [0, 0.1) is 6.92 Å². The molecule has 1 aromatic heterocycles. The minimum atomic E-state index is 0.0192. The number of nitrogens with one attached hydrogen (secondary N) is 1. The smallest absolute Gasteiger partial charge is 0.255 e. The number of benzene rings is 3. The predicted molar refractivity (Wildman–Crippen MR) is 134 cm³/mol. The van der Waals surface area contributed by atoms with Crippen molar-refractivity contribution in [3.05, 3.63) is 119 Å². The molecule has 0 aliphatic carbocycles. The lowest BCUT2D eigenvalue weighted by molar-refractivity contribution is 0.0767. The Morgan fingerprint density at radius 1 is 0.941 bits per heavy atom. The standard InChI is InChI=1S/C29H27N3O2/c1-20-8-12-24(13-9-20)34-25-14-10-23(11-15-25)21(2)31-28-27-19-32(18-22-6-4-3-5-7-22)29(33)26(27)16-17-30-28/h3-17,21H,18-19H2,1-2H3,(H,30,31)/t21-/m0/s1. The molecule has 1 aliphatic heterocycles. The van der Waals surface area contributed by atoms with Gasteiger partial charge in [0.05, 0.1) is 6.54 Å². The van der Waals surface area contributed by atoms with Gasteiger partial charge in [0.2, 0.25) is 0 Å². The summed E-state index contributed by atoms with van der Waals surface area (Å²) < 4.78 is 5.94. The van der Waals surface area contributed by atoms with E-state index in [0.29, 0.717) is 13.1 Å². The second kappa shape index (κ2) is 9.40. The Bertz CT molecular complexity index is 1290. The number of aryl methyl sites for hydroxylation is 1. The molecule has 4 aromatic rings. The quantitative estimate of drug-likeness (QED) is 0.349. The number of anilines is 1. The number of fused-ring (bicyclic) bond motifs is 1. The summed E-state index contributed by atoms with van der Waals surface area (Å²) in [7, 11) is 0. The first-order valence-electron chi connectivity index (χ1n) is 11.5. The van der Waals surface area contributed by atoms with E-state index in [4.69, 9.17) is 4.74 Å². The van der Waals surface area contributed by atoms with E-state index in [0.717, 1.165) is 39.6 Å². The first kappa shape index (κ1) is 21.7. The summed E-state index contributed by atoms with van der Waals surface area (Å²) in [5.74, 6) is 2.42. The average molecular weight is 450 g/mol. The van der Waals surface area contributed by atoms with Crippen molar-refractivity contribution in [1.82, 2.24) is 9.88 Å². The van der Waals surface area contributed by atoms with Crippen LogP contribution in [-0.2, 0) is 13.1 Å². The van der Waals surface area contributed by atoms with Gasteiger partial charge in [-0.3, -0.25) is 4.79 Å². The van der Waals surface area contributed by atoms with Crippen LogP contribution >= 0.6 is 0 Å². The second-order valence-electron chi connectivity index (χ2n) is 8.68. The minimum absolute atomic E-state index is 0.0192. The highest BCUT2D eigenvalue weighted by molar-refractivity contribution is 5.99. The number of amides is 1.